The summed E-state index contributed by atoms with van der Waals surface area (Å²) in [5.41, 5.74) is 11.8. The standard InChI is InChI=1S/C37H37B/c1-2-3-4-5-6-10-19-29-20-17-18-27-33(29)34-28-38-37(32-25-15-9-16-26-32)36(31-23-13-8-14-24-31)35(34)30-21-11-7-12-22-30/h7-9,11-18,20-28H,2-6,10,19H2,1H3. The molecule has 0 radical (unpaired) electrons. The number of unbranched alkanes of at least 4 members (excludes halogenated alkanes) is 5. The van der Waals surface area contributed by atoms with Gasteiger partial charge in [-0.25, -0.2) is 0 Å². The van der Waals surface area contributed by atoms with Crippen molar-refractivity contribution in [3.05, 3.63) is 127 Å². The molecule has 0 nitrogen and oxygen atoms in total. The molecule has 0 amide bonds. The van der Waals surface area contributed by atoms with Crippen molar-refractivity contribution in [3.63, 3.8) is 0 Å². The third kappa shape index (κ3) is 6.05. The van der Waals surface area contributed by atoms with Gasteiger partial charge in [0.05, 0.1) is 0 Å². The Hall–Kier alpha value is -3.71. The molecule has 0 saturated carbocycles. The zero-order valence-corrected chi connectivity index (χ0v) is 22.6. The molecule has 0 aliphatic rings. The fraction of sp³-hybridized carbons (Fsp3) is 0.216. The molecule has 5 rings (SSSR count). The quantitative estimate of drug-likeness (QED) is 0.161. The minimum absolute atomic E-state index is 1.12. The molecule has 4 aromatic carbocycles. The van der Waals surface area contributed by atoms with Gasteiger partial charge in [0, 0.05) is 0 Å². The molecule has 38 heavy (non-hydrogen) atoms. The molecule has 0 aliphatic carbocycles. The fourth-order valence-electron chi connectivity index (χ4n) is 5.59. The Balaban J connectivity index is 1.67. The van der Waals surface area contributed by atoms with Crippen molar-refractivity contribution in [1.29, 1.82) is 0 Å². The van der Waals surface area contributed by atoms with Gasteiger partial charge in [0.1, 0.15) is 0 Å². The molecule has 0 N–H and O–H groups in total. The molecule has 5 aromatic rings. The van der Waals surface area contributed by atoms with E-state index in [1.54, 1.807) is 0 Å². The van der Waals surface area contributed by atoms with Crippen LogP contribution in [-0.2, 0) is 6.42 Å². The van der Waals surface area contributed by atoms with Crippen LogP contribution >= 0.6 is 0 Å². The summed E-state index contributed by atoms with van der Waals surface area (Å²) in [4.78, 5) is 0. The second-order valence-electron chi connectivity index (χ2n) is 10.2. The van der Waals surface area contributed by atoms with Gasteiger partial charge in [-0.2, -0.15) is 0 Å². The van der Waals surface area contributed by atoms with Crippen LogP contribution in [0.2, 0.25) is 0 Å². The van der Waals surface area contributed by atoms with E-state index in [9.17, 15) is 0 Å². The topological polar surface area (TPSA) is 0 Å². The first-order valence-corrected chi connectivity index (χ1v) is 14.3. The molecule has 0 aliphatic heterocycles. The van der Waals surface area contributed by atoms with Gasteiger partial charge in [0.15, 0.2) is 0 Å². The van der Waals surface area contributed by atoms with Crippen LogP contribution in [0.5, 0.6) is 0 Å². The maximum atomic E-state index is 2.36. The van der Waals surface area contributed by atoms with E-state index in [0.717, 1.165) is 6.42 Å². The van der Waals surface area contributed by atoms with Crippen molar-refractivity contribution in [2.24, 2.45) is 0 Å². The van der Waals surface area contributed by atoms with Gasteiger partial charge in [-0.1, -0.05) is 0 Å². The van der Waals surface area contributed by atoms with Crippen molar-refractivity contribution in [2.45, 2.75) is 51.9 Å². The molecule has 1 heteroatoms. The zero-order valence-electron chi connectivity index (χ0n) is 22.6. The molecular weight excluding hydrogens is 455 g/mol. The number of hydrogen-bond acceptors (Lipinski definition) is 0. The van der Waals surface area contributed by atoms with Gasteiger partial charge in [-0.15, -0.1) is 0 Å². The van der Waals surface area contributed by atoms with E-state index in [1.165, 1.54) is 88.5 Å². The molecule has 1 aromatic heterocycles. The zero-order chi connectivity index (χ0) is 26.0. The van der Waals surface area contributed by atoms with E-state index >= 15 is 0 Å². The van der Waals surface area contributed by atoms with Crippen LogP contribution in [0, 0.1) is 0 Å². The molecule has 0 saturated heterocycles. The molecule has 0 fully saturated rings. The van der Waals surface area contributed by atoms with Crippen LogP contribution in [0.15, 0.2) is 121 Å². The molecule has 0 spiro atoms. The Kier molecular flexibility index (Phi) is 9.00. The van der Waals surface area contributed by atoms with Crippen molar-refractivity contribution in [1.82, 2.24) is 0 Å². The summed E-state index contributed by atoms with van der Waals surface area (Å²) in [7, 11) is 0. The summed E-state index contributed by atoms with van der Waals surface area (Å²) in [5, 5.41) is 0. The van der Waals surface area contributed by atoms with Gasteiger partial charge in [-0.3, -0.25) is 0 Å². The van der Waals surface area contributed by atoms with Gasteiger partial charge >= 0.3 is 230 Å². The van der Waals surface area contributed by atoms with Gasteiger partial charge in [-0.05, 0) is 0 Å². The Labute approximate surface area is 229 Å². The minimum atomic E-state index is 1.12. The first kappa shape index (κ1) is 25.9. The number of hydrogen-bond donors (Lipinski definition) is 0. The Bertz CT molecular complexity index is 1420. The average Bonchev–Trinajstić information content (AvgIpc) is 3.00. The van der Waals surface area contributed by atoms with Crippen LogP contribution in [0.4, 0.5) is 0 Å². The van der Waals surface area contributed by atoms with Gasteiger partial charge in [0.2, 0.25) is 0 Å². The third-order valence-electron chi connectivity index (χ3n) is 7.52. The van der Waals surface area contributed by atoms with Crippen LogP contribution in [0.1, 0.15) is 51.0 Å². The number of aryl methyl sites for hydroxylation is 1. The summed E-state index contributed by atoms with van der Waals surface area (Å²) in [6, 6.07) is 41.7. The van der Waals surface area contributed by atoms with Crippen LogP contribution in [-0.4, -0.2) is 6.91 Å². The van der Waals surface area contributed by atoms with Crippen LogP contribution in [0.25, 0.3) is 44.4 Å². The Morgan fingerprint density at radius 3 is 1.66 bits per heavy atom. The van der Waals surface area contributed by atoms with Crippen LogP contribution in [0.3, 0.4) is 0 Å². The monoisotopic (exact) mass is 492 g/mol. The predicted molar refractivity (Wildman–Crippen MR) is 167 cm³/mol. The van der Waals surface area contributed by atoms with E-state index in [0.29, 0.717) is 0 Å². The molecule has 1 heterocycles. The second-order valence-corrected chi connectivity index (χ2v) is 10.2. The van der Waals surface area contributed by atoms with E-state index in [1.807, 2.05) is 0 Å². The molecule has 0 bridgehead atoms. The number of rotatable bonds is 11. The summed E-state index contributed by atoms with van der Waals surface area (Å²) >= 11 is 0. The van der Waals surface area contributed by atoms with Crippen molar-refractivity contribution < 1.29 is 0 Å². The summed E-state index contributed by atoms with van der Waals surface area (Å²) in [6.45, 7) is 4.62. The fourth-order valence-corrected chi connectivity index (χ4v) is 5.59. The Morgan fingerprint density at radius 1 is 0.474 bits per heavy atom. The van der Waals surface area contributed by atoms with Crippen molar-refractivity contribution in [2.75, 3.05) is 0 Å². The van der Waals surface area contributed by atoms with E-state index < -0.39 is 0 Å². The Morgan fingerprint density at radius 2 is 1.00 bits per heavy atom. The van der Waals surface area contributed by atoms with Gasteiger partial charge < -0.3 is 0 Å². The van der Waals surface area contributed by atoms with Gasteiger partial charge in [0.25, 0.3) is 0 Å². The number of benzene rings is 4. The maximum absolute atomic E-state index is 2.36. The molecule has 0 unspecified atom stereocenters. The first-order chi connectivity index (χ1) is 18.9. The first-order valence-electron chi connectivity index (χ1n) is 14.3. The van der Waals surface area contributed by atoms with Crippen LogP contribution < -0.4 is 0 Å². The van der Waals surface area contributed by atoms with Crippen molar-refractivity contribution >= 4 is 6.91 Å². The predicted octanol–water partition coefficient (Wildman–Crippen LogP) is 10.6. The van der Waals surface area contributed by atoms with Crippen molar-refractivity contribution in [3.8, 4) is 44.4 Å². The normalized spacial score (nSPS) is 10.9. The average molecular weight is 493 g/mol. The second kappa shape index (κ2) is 13.2. The molecule has 188 valence electrons. The molecular formula is C37H37B. The van der Waals surface area contributed by atoms with E-state index in [4.69, 9.17) is 0 Å². The van der Waals surface area contributed by atoms with E-state index in [2.05, 4.69) is 135 Å². The van der Waals surface area contributed by atoms with E-state index in [-0.39, 0.29) is 0 Å². The SMILES string of the molecule is CCCCCCCCc1ccccc1-c1cbc(-c2ccccc2)c(-c2ccccc2)c1-c1ccccc1. The summed E-state index contributed by atoms with van der Waals surface area (Å²) in [6.07, 6.45) is 9.03. The molecule has 0 atom stereocenters. The summed E-state index contributed by atoms with van der Waals surface area (Å²) in [5.74, 6) is 2.36. The third-order valence-corrected chi connectivity index (χ3v) is 7.52. The summed E-state index contributed by atoms with van der Waals surface area (Å²) < 4.78 is 0.